The van der Waals surface area contributed by atoms with E-state index >= 15 is 0 Å². The summed E-state index contributed by atoms with van der Waals surface area (Å²) < 4.78 is 63.8. The minimum atomic E-state index is -3.28. The molecule has 1 aromatic carbocycles. The van der Waals surface area contributed by atoms with E-state index in [1.165, 1.54) is 7.11 Å². The van der Waals surface area contributed by atoms with Crippen LogP contribution in [-0.2, 0) is 15.9 Å². The Morgan fingerprint density at radius 1 is 1.23 bits per heavy atom. The van der Waals surface area contributed by atoms with E-state index in [2.05, 4.69) is 4.98 Å². The van der Waals surface area contributed by atoms with Gasteiger partial charge in [-0.15, -0.1) is 0 Å². The van der Waals surface area contributed by atoms with E-state index in [-0.39, 0.29) is 30.4 Å². The Morgan fingerprint density at radius 2 is 2.09 bits per heavy atom. The molecular weight excluding hydrogens is 467 g/mol. The van der Waals surface area contributed by atoms with Gasteiger partial charge in [0, 0.05) is 24.4 Å². The van der Waals surface area contributed by atoms with Crippen molar-refractivity contribution in [2.75, 3.05) is 40.1 Å². The number of carbonyl (C=O) groups excluding carboxylic acids is 1. The number of hydrogen-bond acceptors (Lipinski definition) is 6. The molecule has 0 spiro atoms. The van der Waals surface area contributed by atoms with Crippen LogP contribution in [0, 0.1) is 0 Å². The summed E-state index contributed by atoms with van der Waals surface area (Å²) in [7, 11) is 1.38. The maximum absolute atomic E-state index is 13.9. The van der Waals surface area contributed by atoms with Gasteiger partial charge in [-0.2, -0.15) is 0 Å². The first kappa shape index (κ1) is 23.4. The molecule has 4 heterocycles. The van der Waals surface area contributed by atoms with Crippen LogP contribution in [0.1, 0.15) is 15.9 Å². The molecule has 2 aromatic heterocycles. The second-order valence-corrected chi connectivity index (χ2v) is 8.28. The lowest BCUT2D eigenvalue weighted by molar-refractivity contribution is -0.101. The van der Waals surface area contributed by atoms with E-state index < -0.39 is 18.6 Å². The lowest BCUT2D eigenvalue weighted by Crippen LogP contribution is -2.46. The average molecular weight is 491 g/mol. The van der Waals surface area contributed by atoms with E-state index in [1.807, 2.05) is 16.7 Å². The summed E-state index contributed by atoms with van der Waals surface area (Å²) in [5, 5.41) is 0. The minimum Gasteiger partial charge on any atom is -0.496 e. The van der Waals surface area contributed by atoms with Crippen molar-refractivity contribution in [3.63, 3.8) is 0 Å². The van der Waals surface area contributed by atoms with Crippen molar-refractivity contribution < 1.29 is 36.9 Å². The van der Waals surface area contributed by atoms with Gasteiger partial charge in [-0.3, -0.25) is 9.20 Å². The molecule has 8 nitrogen and oxygen atoms in total. The summed E-state index contributed by atoms with van der Waals surface area (Å²) in [6.45, 7) is 1.84. The molecule has 2 aliphatic heterocycles. The molecule has 5 rings (SSSR count). The summed E-state index contributed by atoms with van der Waals surface area (Å²) in [6, 6.07) is 7.03. The number of imidazole rings is 1. The highest BCUT2D eigenvalue weighted by Crippen LogP contribution is 2.35. The van der Waals surface area contributed by atoms with Crippen LogP contribution in [0.4, 0.5) is 13.2 Å². The van der Waals surface area contributed by atoms with Crippen LogP contribution >= 0.6 is 0 Å². The zero-order valence-corrected chi connectivity index (χ0v) is 19.0. The lowest BCUT2D eigenvalue weighted by atomic mass is 9.94. The Labute approximate surface area is 199 Å². The smallest absolute Gasteiger partial charge is 0.287 e. The van der Waals surface area contributed by atoms with Crippen LogP contribution in [0.15, 0.2) is 36.7 Å². The Hall–Kier alpha value is -3.31. The Kier molecular flexibility index (Phi) is 6.52. The van der Waals surface area contributed by atoms with Crippen LogP contribution in [0.5, 0.6) is 11.5 Å². The fourth-order valence-corrected chi connectivity index (χ4v) is 4.37. The average Bonchev–Trinajstić information content (AvgIpc) is 3.30. The van der Waals surface area contributed by atoms with E-state index in [4.69, 9.17) is 18.9 Å². The first-order chi connectivity index (χ1) is 17.0. The predicted octanol–water partition coefficient (Wildman–Crippen LogP) is 3.36. The Balaban J connectivity index is 1.41. The largest absolute Gasteiger partial charge is 0.496 e. The second-order valence-electron chi connectivity index (χ2n) is 8.28. The summed E-state index contributed by atoms with van der Waals surface area (Å²) >= 11 is 0. The van der Waals surface area contributed by atoms with Crippen molar-refractivity contribution >= 4 is 11.6 Å². The molecule has 0 saturated carbocycles. The van der Waals surface area contributed by atoms with Gasteiger partial charge in [-0.05, 0) is 30.2 Å². The van der Waals surface area contributed by atoms with E-state index in [0.29, 0.717) is 48.3 Å². The van der Waals surface area contributed by atoms with Crippen LogP contribution in [-0.4, -0.2) is 79.1 Å². The summed E-state index contributed by atoms with van der Waals surface area (Å²) in [4.78, 5) is 17.8. The van der Waals surface area contributed by atoms with Crippen LogP contribution in [0.2, 0.25) is 0 Å². The van der Waals surface area contributed by atoms with Crippen molar-refractivity contribution in [3.05, 3.63) is 47.8 Å². The van der Waals surface area contributed by atoms with Crippen LogP contribution in [0.3, 0.4) is 0 Å². The van der Waals surface area contributed by atoms with Crippen LogP contribution < -0.4 is 9.47 Å². The van der Waals surface area contributed by atoms with Gasteiger partial charge >= 0.3 is 0 Å². The maximum Gasteiger partial charge on any atom is 0.287 e. The third kappa shape index (κ3) is 4.53. The third-order valence-electron chi connectivity index (χ3n) is 6.11. The van der Waals surface area contributed by atoms with Crippen molar-refractivity contribution in [3.8, 4) is 22.8 Å². The molecular formula is C24H24F3N3O5. The summed E-state index contributed by atoms with van der Waals surface area (Å²) in [5.74, 6) is 0.0188. The number of halogens is 3. The molecule has 1 fully saturated rings. The number of methoxy groups -OCH3 is 1. The number of hydrogen-bond donors (Lipinski definition) is 0. The van der Waals surface area contributed by atoms with Gasteiger partial charge in [-0.25, -0.2) is 18.2 Å². The number of alkyl halides is 3. The van der Waals surface area contributed by atoms with E-state index in [9.17, 15) is 18.0 Å². The SMILES string of the molecule is COc1cc(-c2cnc3cc(OC[C@H]4COCCO4)ccn23)cc2c1C(=O)N(C(F)C(F)F)CC2. The van der Waals surface area contributed by atoms with Crippen LogP contribution in [0.25, 0.3) is 16.9 Å². The van der Waals surface area contributed by atoms with Gasteiger partial charge in [0.05, 0.1) is 44.4 Å². The number of rotatable bonds is 7. The zero-order chi connectivity index (χ0) is 24.5. The predicted molar refractivity (Wildman–Crippen MR) is 119 cm³/mol. The summed E-state index contributed by atoms with van der Waals surface area (Å²) in [5.41, 5.74) is 2.81. The monoisotopic (exact) mass is 491 g/mol. The standard InChI is InChI=1S/C24H24F3N3O5/c1-32-19-9-15(8-14-2-4-30(23(27)22(25)26)24(31)21(14)19)18-11-28-20-10-16(3-5-29(18)20)35-13-17-12-33-6-7-34-17/h3,5,8-11,17,22-23H,2,4,6-7,12-13H2,1H3/t17-,23?/m1/s1. The van der Waals surface area contributed by atoms with Gasteiger partial charge in [-0.1, -0.05) is 0 Å². The third-order valence-corrected chi connectivity index (χ3v) is 6.11. The lowest BCUT2D eigenvalue weighted by Gasteiger charge is -2.31. The highest BCUT2D eigenvalue weighted by molar-refractivity contribution is 6.00. The van der Waals surface area contributed by atoms with Gasteiger partial charge < -0.3 is 23.8 Å². The number of ether oxygens (including phenoxy) is 4. The normalized spacial score (nSPS) is 19.2. The molecule has 3 aromatic rings. The molecule has 1 amide bonds. The van der Waals surface area contributed by atoms with Gasteiger partial charge in [0.2, 0.25) is 6.30 Å². The highest BCUT2D eigenvalue weighted by atomic mass is 19.3. The van der Waals surface area contributed by atoms with Gasteiger partial charge in [0.25, 0.3) is 12.3 Å². The molecule has 186 valence electrons. The fraction of sp³-hybridized carbons (Fsp3) is 0.417. The molecule has 0 bridgehead atoms. The van der Waals surface area contributed by atoms with Gasteiger partial charge in [0.1, 0.15) is 29.9 Å². The molecule has 0 aliphatic carbocycles. The quantitative estimate of drug-likeness (QED) is 0.472. The minimum absolute atomic E-state index is 0.101. The molecule has 1 unspecified atom stereocenters. The molecule has 1 saturated heterocycles. The van der Waals surface area contributed by atoms with Crippen molar-refractivity contribution in [2.45, 2.75) is 25.2 Å². The first-order valence-corrected chi connectivity index (χ1v) is 11.2. The highest BCUT2D eigenvalue weighted by Gasteiger charge is 2.37. The number of pyridine rings is 1. The Bertz CT molecular complexity index is 1210. The van der Waals surface area contributed by atoms with Crippen molar-refractivity contribution in [1.29, 1.82) is 0 Å². The molecule has 0 N–H and O–H groups in total. The number of nitrogens with zero attached hydrogens (tertiary/aromatic N) is 3. The summed E-state index contributed by atoms with van der Waals surface area (Å²) in [6.07, 6.45) is -2.33. The number of amides is 1. The van der Waals surface area contributed by atoms with Crippen molar-refractivity contribution in [2.24, 2.45) is 0 Å². The molecule has 11 heteroatoms. The topological polar surface area (TPSA) is 74.5 Å². The molecule has 2 aliphatic rings. The van der Waals surface area contributed by atoms with Gasteiger partial charge in [0.15, 0.2) is 0 Å². The number of benzene rings is 1. The zero-order valence-electron chi connectivity index (χ0n) is 19.0. The molecule has 0 radical (unpaired) electrons. The van der Waals surface area contributed by atoms with Crippen molar-refractivity contribution in [1.82, 2.24) is 14.3 Å². The fourth-order valence-electron chi connectivity index (χ4n) is 4.37. The second kappa shape index (κ2) is 9.74. The number of carbonyl (C=O) groups is 1. The Morgan fingerprint density at radius 3 is 2.83 bits per heavy atom. The molecule has 2 atom stereocenters. The first-order valence-electron chi connectivity index (χ1n) is 11.2. The maximum atomic E-state index is 13.9. The molecule has 35 heavy (non-hydrogen) atoms. The van der Waals surface area contributed by atoms with E-state index in [0.717, 1.165) is 11.3 Å². The number of aromatic nitrogens is 2. The van der Waals surface area contributed by atoms with E-state index in [1.54, 1.807) is 24.4 Å². The number of fused-ring (bicyclic) bond motifs is 2.